The summed E-state index contributed by atoms with van der Waals surface area (Å²) in [6, 6.07) is 5.87. The summed E-state index contributed by atoms with van der Waals surface area (Å²) in [5.41, 5.74) is 2.89. The molecule has 0 aliphatic heterocycles. The molecule has 0 unspecified atom stereocenters. The van der Waals surface area contributed by atoms with Crippen LogP contribution >= 0.6 is 0 Å². The number of anilines is 1. The lowest BCUT2D eigenvalue weighted by Crippen LogP contribution is -1.97. The molecule has 0 atom stereocenters. The molecule has 2 heterocycles. The van der Waals surface area contributed by atoms with Crippen molar-refractivity contribution in [1.82, 2.24) is 9.97 Å². The van der Waals surface area contributed by atoms with Gasteiger partial charge in [0, 0.05) is 30.2 Å². The molecular weight excluding hydrogens is 214 g/mol. The molecule has 0 saturated heterocycles. The van der Waals surface area contributed by atoms with Crippen LogP contribution in [0.4, 0.5) is 5.69 Å². The normalized spacial score (nSPS) is 10.0. The highest BCUT2D eigenvalue weighted by molar-refractivity contribution is 5.64. The lowest BCUT2D eigenvalue weighted by Gasteiger charge is -2.06. The van der Waals surface area contributed by atoms with Crippen LogP contribution in [-0.4, -0.2) is 23.6 Å². The van der Waals surface area contributed by atoms with E-state index in [9.17, 15) is 0 Å². The van der Waals surface area contributed by atoms with Crippen LogP contribution in [0.5, 0.6) is 5.75 Å². The van der Waals surface area contributed by atoms with Crippen LogP contribution < -0.4 is 10.1 Å². The average molecular weight is 229 g/mol. The van der Waals surface area contributed by atoms with Crippen molar-refractivity contribution in [3.05, 3.63) is 36.8 Å². The standard InChI is InChI=1S/C13H15N3O/c1-3-15-11-4-5-16-13(7-11)10-6-12(17-2)9-14-8-10/h4-9H,3H2,1-2H3,(H,15,16). The van der Waals surface area contributed by atoms with Gasteiger partial charge >= 0.3 is 0 Å². The zero-order valence-corrected chi connectivity index (χ0v) is 9.97. The van der Waals surface area contributed by atoms with Gasteiger partial charge in [0.15, 0.2) is 0 Å². The minimum absolute atomic E-state index is 0.734. The van der Waals surface area contributed by atoms with Crippen LogP contribution in [0.3, 0.4) is 0 Å². The maximum absolute atomic E-state index is 5.15. The highest BCUT2D eigenvalue weighted by Gasteiger charge is 2.02. The third-order valence-corrected chi connectivity index (χ3v) is 2.39. The number of ether oxygens (including phenoxy) is 1. The first-order chi connectivity index (χ1) is 8.33. The van der Waals surface area contributed by atoms with Gasteiger partial charge in [-0.15, -0.1) is 0 Å². The van der Waals surface area contributed by atoms with Gasteiger partial charge in [0.1, 0.15) is 5.75 Å². The minimum Gasteiger partial charge on any atom is -0.495 e. The van der Waals surface area contributed by atoms with Crippen molar-refractivity contribution in [1.29, 1.82) is 0 Å². The van der Waals surface area contributed by atoms with Crippen molar-refractivity contribution >= 4 is 5.69 Å². The van der Waals surface area contributed by atoms with E-state index in [1.54, 1.807) is 25.7 Å². The first-order valence-corrected chi connectivity index (χ1v) is 5.53. The Balaban J connectivity index is 2.34. The van der Waals surface area contributed by atoms with E-state index >= 15 is 0 Å². The Morgan fingerprint density at radius 2 is 2.18 bits per heavy atom. The van der Waals surface area contributed by atoms with E-state index < -0.39 is 0 Å². The van der Waals surface area contributed by atoms with E-state index in [1.165, 1.54) is 0 Å². The molecule has 0 fully saturated rings. The fourth-order valence-electron chi connectivity index (χ4n) is 1.57. The molecule has 0 aromatic carbocycles. The molecule has 17 heavy (non-hydrogen) atoms. The van der Waals surface area contributed by atoms with E-state index in [0.29, 0.717) is 0 Å². The Bertz CT molecular complexity index is 500. The maximum atomic E-state index is 5.15. The predicted octanol–water partition coefficient (Wildman–Crippen LogP) is 2.58. The second-order valence-corrected chi connectivity index (χ2v) is 3.57. The van der Waals surface area contributed by atoms with Gasteiger partial charge in [0.05, 0.1) is 19.0 Å². The van der Waals surface area contributed by atoms with Crippen LogP contribution in [-0.2, 0) is 0 Å². The number of pyridine rings is 2. The lowest BCUT2D eigenvalue weighted by molar-refractivity contribution is 0.413. The zero-order valence-electron chi connectivity index (χ0n) is 9.97. The first-order valence-electron chi connectivity index (χ1n) is 5.53. The van der Waals surface area contributed by atoms with Gasteiger partial charge in [0.25, 0.3) is 0 Å². The molecule has 4 nitrogen and oxygen atoms in total. The summed E-state index contributed by atoms with van der Waals surface area (Å²) in [5, 5.41) is 3.25. The Hall–Kier alpha value is -2.10. The minimum atomic E-state index is 0.734. The Kier molecular flexibility index (Phi) is 3.55. The van der Waals surface area contributed by atoms with Crippen molar-refractivity contribution in [3.63, 3.8) is 0 Å². The van der Waals surface area contributed by atoms with E-state index in [4.69, 9.17) is 4.74 Å². The Morgan fingerprint density at radius 3 is 2.94 bits per heavy atom. The van der Waals surface area contributed by atoms with Crippen molar-refractivity contribution in [2.75, 3.05) is 19.0 Å². The number of aromatic nitrogens is 2. The van der Waals surface area contributed by atoms with E-state index in [2.05, 4.69) is 22.2 Å². The smallest absolute Gasteiger partial charge is 0.137 e. The molecule has 0 bridgehead atoms. The number of rotatable bonds is 4. The fraction of sp³-hybridized carbons (Fsp3) is 0.231. The largest absolute Gasteiger partial charge is 0.495 e. The number of nitrogens with one attached hydrogen (secondary N) is 1. The van der Waals surface area contributed by atoms with Gasteiger partial charge in [-0.25, -0.2) is 0 Å². The second-order valence-electron chi connectivity index (χ2n) is 3.57. The van der Waals surface area contributed by atoms with Crippen LogP contribution in [0.15, 0.2) is 36.8 Å². The van der Waals surface area contributed by atoms with Gasteiger partial charge < -0.3 is 10.1 Å². The van der Waals surface area contributed by atoms with Gasteiger partial charge in [-0.1, -0.05) is 0 Å². The number of hydrogen-bond acceptors (Lipinski definition) is 4. The SMILES string of the molecule is CCNc1ccnc(-c2cncc(OC)c2)c1. The van der Waals surface area contributed by atoms with Crippen molar-refractivity contribution < 1.29 is 4.74 Å². The van der Waals surface area contributed by atoms with Gasteiger partial charge in [-0.2, -0.15) is 0 Å². The third kappa shape index (κ3) is 2.72. The average Bonchev–Trinajstić information content (AvgIpc) is 2.40. The monoisotopic (exact) mass is 229 g/mol. The zero-order chi connectivity index (χ0) is 12.1. The van der Waals surface area contributed by atoms with E-state index in [1.807, 2.05) is 18.2 Å². The number of nitrogens with zero attached hydrogens (tertiary/aromatic N) is 2. The molecule has 2 aromatic rings. The molecule has 4 heteroatoms. The maximum Gasteiger partial charge on any atom is 0.137 e. The third-order valence-electron chi connectivity index (χ3n) is 2.39. The summed E-state index contributed by atoms with van der Waals surface area (Å²) in [6.45, 7) is 2.95. The molecule has 0 saturated carbocycles. The topological polar surface area (TPSA) is 47.0 Å². The summed E-state index contributed by atoms with van der Waals surface area (Å²) in [6.07, 6.45) is 5.24. The van der Waals surface area contributed by atoms with Crippen LogP contribution in [0, 0.1) is 0 Å². The number of methoxy groups -OCH3 is 1. The molecule has 0 aliphatic carbocycles. The lowest BCUT2D eigenvalue weighted by atomic mass is 10.2. The molecule has 2 aromatic heterocycles. The first kappa shape index (κ1) is 11.4. The molecule has 2 rings (SSSR count). The summed E-state index contributed by atoms with van der Waals surface area (Å²) in [5.74, 6) is 0.734. The second kappa shape index (κ2) is 5.30. The molecule has 0 amide bonds. The van der Waals surface area contributed by atoms with Crippen molar-refractivity contribution in [3.8, 4) is 17.0 Å². The Morgan fingerprint density at radius 1 is 1.29 bits per heavy atom. The van der Waals surface area contributed by atoms with Gasteiger partial charge in [-0.3, -0.25) is 9.97 Å². The molecular formula is C13H15N3O. The summed E-state index contributed by atoms with van der Waals surface area (Å²) >= 11 is 0. The van der Waals surface area contributed by atoms with Crippen molar-refractivity contribution in [2.45, 2.75) is 6.92 Å². The molecule has 1 N–H and O–H groups in total. The molecule has 0 radical (unpaired) electrons. The molecule has 0 aliphatic rings. The quantitative estimate of drug-likeness (QED) is 0.875. The van der Waals surface area contributed by atoms with Gasteiger partial charge in [0.2, 0.25) is 0 Å². The van der Waals surface area contributed by atoms with Gasteiger partial charge in [-0.05, 0) is 25.1 Å². The Labute approximate surface area is 101 Å². The van der Waals surface area contributed by atoms with Crippen LogP contribution in [0.25, 0.3) is 11.3 Å². The molecule has 88 valence electrons. The van der Waals surface area contributed by atoms with E-state index in [0.717, 1.165) is 29.2 Å². The van der Waals surface area contributed by atoms with Crippen molar-refractivity contribution in [2.24, 2.45) is 0 Å². The van der Waals surface area contributed by atoms with E-state index in [-0.39, 0.29) is 0 Å². The summed E-state index contributed by atoms with van der Waals surface area (Å²) in [7, 11) is 1.63. The highest BCUT2D eigenvalue weighted by atomic mass is 16.5. The van der Waals surface area contributed by atoms with Crippen LogP contribution in [0.1, 0.15) is 6.92 Å². The highest BCUT2D eigenvalue weighted by Crippen LogP contribution is 2.22. The van der Waals surface area contributed by atoms with Crippen LogP contribution in [0.2, 0.25) is 0 Å². The predicted molar refractivity (Wildman–Crippen MR) is 68.2 cm³/mol. The molecule has 0 spiro atoms. The summed E-state index contributed by atoms with van der Waals surface area (Å²) in [4.78, 5) is 8.45. The fourth-order valence-corrected chi connectivity index (χ4v) is 1.57. The summed E-state index contributed by atoms with van der Waals surface area (Å²) < 4.78 is 5.15. The number of hydrogen-bond donors (Lipinski definition) is 1.